The van der Waals surface area contributed by atoms with Crippen molar-refractivity contribution in [2.24, 2.45) is 0 Å². The molecule has 0 bridgehead atoms. The molecule has 0 amide bonds. The maximum absolute atomic E-state index is 10.3. The highest BCUT2D eigenvalue weighted by Gasteiger charge is 2.19. The molecule has 0 saturated carbocycles. The first kappa shape index (κ1) is 10.8. The number of aromatic nitrogens is 1. The molecule has 6 heteroatoms. The average molecular weight is 266 g/mol. The molecule has 2 unspecified atom stereocenters. The first-order valence-electron chi connectivity index (χ1n) is 3.51. The zero-order valence-corrected chi connectivity index (χ0v) is 8.96. The van der Waals surface area contributed by atoms with Gasteiger partial charge in [-0.3, -0.25) is 4.79 Å². The van der Waals surface area contributed by atoms with Crippen molar-refractivity contribution in [3.8, 4) is 0 Å². The number of rotatable bonds is 4. The minimum atomic E-state index is -1.04. The van der Waals surface area contributed by atoms with E-state index < -0.39 is 12.2 Å². The normalized spacial score (nSPS) is 15.3. The summed E-state index contributed by atoms with van der Waals surface area (Å²) >= 11 is 4.17. The number of aldehydes is 1. The van der Waals surface area contributed by atoms with Crippen LogP contribution in [-0.4, -0.2) is 32.9 Å². The lowest BCUT2D eigenvalue weighted by Gasteiger charge is -2.12. The largest absolute Gasteiger partial charge is 0.389 e. The van der Waals surface area contributed by atoms with E-state index in [9.17, 15) is 15.0 Å². The lowest BCUT2D eigenvalue weighted by atomic mass is 10.2. The number of aliphatic hydroxyl groups excluding tert-OH is 2. The van der Waals surface area contributed by atoms with Gasteiger partial charge in [0.1, 0.15) is 6.10 Å². The van der Waals surface area contributed by atoms with E-state index in [0.29, 0.717) is 17.0 Å². The lowest BCUT2D eigenvalue weighted by Crippen LogP contribution is -2.19. The Morgan fingerprint density at radius 3 is 2.85 bits per heavy atom. The van der Waals surface area contributed by atoms with Crippen molar-refractivity contribution in [1.29, 1.82) is 0 Å². The molecule has 2 atom stereocenters. The second kappa shape index (κ2) is 4.80. The smallest absolute Gasteiger partial charge is 0.178 e. The van der Waals surface area contributed by atoms with Crippen molar-refractivity contribution in [3.63, 3.8) is 0 Å². The van der Waals surface area contributed by atoms with Crippen LogP contribution in [0.5, 0.6) is 0 Å². The number of aliphatic hydroxyl groups is 2. The summed E-state index contributed by atoms with van der Waals surface area (Å²) < 4.78 is 0. The Morgan fingerprint density at radius 2 is 2.38 bits per heavy atom. The van der Waals surface area contributed by atoms with Gasteiger partial charge in [-0.25, -0.2) is 4.98 Å². The number of carbonyl (C=O) groups is 1. The number of nitrogens with zero attached hydrogens (tertiary/aromatic N) is 1. The fraction of sp³-hybridized carbons (Fsp3) is 0.429. The van der Waals surface area contributed by atoms with Crippen molar-refractivity contribution in [2.75, 3.05) is 5.33 Å². The van der Waals surface area contributed by atoms with Gasteiger partial charge >= 0.3 is 0 Å². The molecule has 1 aromatic rings. The molecular weight excluding hydrogens is 258 g/mol. The number of thiazole rings is 1. The van der Waals surface area contributed by atoms with Gasteiger partial charge in [0, 0.05) is 10.7 Å². The third-order valence-electron chi connectivity index (χ3n) is 1.47. The van der Waals surface area contributed by atoms with Crippen LogP contribution in [0.25, 0.3) is 0 Å². The van der Waals surface area contributed by atoms with E-state index in [1.54, 1.807) is 5.38 Å². The van der Waals surface area contributed by atoms with Crippen LogP contribution in [0.15, 0.2) is 5.38 Å². The van der Waals surface area contributed by atoms with E-state index in [2.05, 4.69) is 20.9 Å². The molecule has 0 spiro atoms. The fourth-order valence-electron chi connectivity index (χ4n) is 0.772. The summed E-state index contributed by atoms with van der Waals surface area (Å²) in [4.78, 5) is 14.1. The zero-order chi connectivity index (χ0) is 9.84. The van der Waals surface area contributed by atoms with Crippen LogP contribution in [0.2, 0.25) is 0 Å². The van der Waals surface area contributed by atoms with E-state index in [4.69, 9.17) is 0 Å². The zero-order valence-electron chi connectivity index (χ0n) is 6.55. The van der Waals surface area contributed by atoms with Gasteiger partial charge in [0.15, 0.2) is 11.3 Å². The maximum Gasteiger partial charge on any atom is 0.178 e. The fourth-order valence-corrected chi connectivity index (χ4v) is 1.77. The van der Waals surface area contributed by atoms with Crippen molar-refractivity contribution in [3.05, 3.63) is 16.1 Å². The van der Waals surface area contributed by atoms with E-state index in [0.717, 1.165) is 11.3 Å². The van der Waals surface area contributed by atoms with Gasteiger partial charge in [0.2, 0.25) is 0 Å². The standard InChI is InChI=1S/C7H8BrNO3S/c8-1-5(11)7(12)4-3-13-6(2-10)9-4/h2-3,5,7,11-12H,1H2. The van der Waals surface area contributed by atoms with Crippen LogP contribution in [0.3, 0.4) is 0 Å². The summed E-state index contributed by atoms with van der Waals surface area (Å²) in [5, 5.41) is 20.8. The van der Waals surface area contributed by atoms with Crippen molar-refractivity contribution >= 4 is 33.6 Å². The van der Waals surface area contributed by atoms with Gasteiger partial charge in [-0.15, -0.1) is 11.3 Å². The summed E-state index contributed by atoms with van der Waals surface area (Å²) in [5.41, 5.74) is 0.332. The Labute approximate surface area is 87.4 Å². The van der Waals surface area contributed by atoms with Crippen LogP contribution < -0.4 is 0 Å². The van der Waals surface area contributed by atoms with Crippen LogP contribution in [0, 0.1) is 0 Å². The SMILES string of the molecule is O=Cc1nc(C(O)C(O)CBr)cs1. The van der Waals surface area contributed by atoms with E-state index in [1.165, 1.54) is 0 Å². The molecule has 72 valence electrons. The van der Waals surface area contributed by atoms with Crippen LogP contribution in [-0.2, 0) is 0 Å². The second-order valence-corrected chi connectivity index (χ2v) is 3.93. The summed E-state index contributed by atoms with van der Waals surface area (Å²) in [6.45, 7) is 0. The van der Waals surface area contributed by atoms with E-state index >= 15 is 0 Å². The highest BCUT2D eigenvalue weighted by atomic mass is 79.9. The first-order chi connectivity index (χ1) is 6.19. The van der Waals surface area contributed by atoms with Crippen molar-refractivity contribution in [2.45, 2.75) is 12.2 Å². The third-order valence-corrected chi connectivity index (χ3v) is 2.92. The third kappa shape index (κ3) is 2.57. The van der Waals surface area contributed by atoms with Gasteiger partial charge < -0.3 is 10.2 Å². The molecule has 1 aromatic heterocycles. The number of hydrogen-bond acceptors (Lipinski definition) is 5. The second-order valence-electron chi connectivity index (χ2n) is 2.39. The van der Waals surface area contributed by atoms with E-state index in [1.807, 2.05) is 0 Å². The summed E-state index contributed by atoms with van der Waals surface area (Å²) in [6.07, 6.45) is -1.33. The predicted octanol–water partition coefficient (Wildman–Crippen LogP) is 0.745. The summed E-state index contributed by atoms with van der Waals surface area (Å²) in [7, 11) is 0. The molecule has 0 fully saturated rings. The quantitative estimate of drug-likeness (QED) is 0.623. The molecule has 13 heavy (non-hydrogen) atoms. The monoisotopic (exact) mass is 265 g/mol. The lowest BCUT2D eigenvalue weighted by molar-refractivity contribution is 0.0318. The van der Waals surface area contributed by atoms with E-state index in [-0.39, 0.29) is 5.33 Å². The summed E-state index contributed by atoms with van der Waals surface area (Å²) in [6, 6.07) is 0. The van der Waals surface area contributed by atoms with Crippen LogP contribution >= 0.6 is 27.3 Å². The first-order valence-corrected chi connectivity index (χ1v) is 5.52. The molecule has 0 aliphatic heterocycles. The van der Waals surface area contributed by atoms with Crippen molar-refractivity contribution < 1.29 is 15.0 Å². The maximum atomic E-state index is 10.3. The predicted molar refractivity (Wildman–Crippen MR) is 52.3 cm³/mol. The van der Waals surface area contributed by atoms with Gasteiger partial charge in [0.05, 0.1) is 11.8 Å². The highest BCUT2D eigenvalue weighted by Crippen LogP contribution is 2.19. The molecule has 1 rings (SSSR count). The molecule has 0 aromatic carbocycles. The Morgan fingerprint density at radius 1 is 1.69 bits per heavy atom. The van der Waals surface area contributed by atoms with Gasteiger partial charge in [-0.1, -0.05) is 15.9 Å². The van der Waals surface area contributed by atoms with Crippen LogP contribution in [0.1, 0.15) is 21.6 Å². The number of hydrogen-bond donors (Lipinski definition) is 2. The number of alkyl halides is 1. The molecule has 0 aliphatic rings. The topological polar surface area (TPSA) is 70.4 Å². The van der Waals surface area contributed by atoms with Crippen molar-refractivity contribution in [1.82, 2.24) is 4.98 Å². The Balaban J connectivity index is 2.76. The Hall–Kier alpha value is -0.300. The van der Waals surface area contributed by atoms with Gasteiger partial charge in [-0.2, -0.15) is 0 Å². The molecule has 0 aliphatic carbocycles. The number of halogens is 1. The highest BCUT2D eigenvalue weighted by molar-refractivity contribution is 9.09. The number of carbonyl (C=O) groups excluding carboxylic acids is 1. The molecule has 2 N–H and O–H groups in total. The molecule has 1 heterocycles. The van der Waals surface area contributed by atoms with Crippen LogP contribution in [0.4, 0.5) is 0 Å². The van der Waals surface area contributed by atoms with Gasteiger partial charge in [-0.05, 0) is 0 Å². The Kier molecular flexibility index (Phi) is 3.98. The minimum Gasteiger partial charge on any atom is -0.389 e. The van der Waals surface area contributed by atoms with Gasteiger partial charge in [0.25, 0.3) is 0 Å². The molecule has 0 saturated heterocycles. The molecular formula is C7H8BrNO3S. The minimum absolute atomic E-state index is 0.266. The molecule has 0 radical (unpaired) electrons. The summed E-state index contributed by atoms with van der Waals surface area (Å²) in [5.74, 6) is 0. The average Bonchev–Trinajstić information content (AvgIpc) is 2.63. The molecule has 4 nitrogen and oxygen atoms in total. The Bertz CT molecular complexity index is 291.